The molecule has 0 radical (unpaired) electrons. The van der Waals surface area contributed by atoms with Gasteiger partial charge in [0.05, 0.1) is 6.42 Å². The van der Waals surface area contributed by atoms with Crippen LogP contribution >= 0.6 is 0 Å². The number of carbonyl (C=O) groups is 1. The first-order valence-electron chi connectivity index (χ1n) is 8.80. The Labute approximate surface area is 160 Å². The predicted molar refractivity (Wildman–Crippen MR) is 104 cm³/mol. The summed E-state index contributed by atoms with van der Waals surface area (Å²) < 4.78 is 28.9. The average molecular weight is 377 g/mol. The number of benzene rings is 2. The molecular weight excluding hydrogens is 360 g/mol. The molecule has 28 heavy (non-hydrogen) atoms. The van der Waals surface area contributed by atoms with Gasteiger partial charge in [-0.2, -0.15) is 0 Å². The van der Waals surface area contributed by atoms with E-state index in [9.17, 15) is 13.6 Å². The largest absolute Gasteiger partial charge is 0.343 e. The molecule has 1 N–H and O–H groups in total. The lowest BCUT2D eigenvalue weighted by atomic mass is 10.1. The third-order valence-electron chi connectivity index (χ3n) is 4.51. The zero-order valence-corrected chi connectivity index (χ0v) is 14.9. The van der Waals surface area contributed by atoms with Gasteiger partial charge in [-0.15, -0.1) is 0 Å². The van der Waals surface area contributed by atoms with Crippen LogP contribution in [0.3, 0.4) is 0 Å². The first-order chi connectivity index (χ1) is 13.6. The maximum Gasteiger partial charge on any atom is 0.228 e. The normalized spacial score (nSPS) is 10.9. The van der Waals surface area contributed by atoms with Crippen molar-refractivity contribution in [2.75, 3.05) is 5.32 Å². The number of halogens is 2. The first-order valence-corrected chi connectivity index (χ1v) is 8.80. The van der Waals surface area contributed by atoms with E-state index < -0.39 is 0 Å². The standard InChI is InChI=1S/C22H17F2N3O/c23-17-3-1-15(2-4-17)13-27-14-16(20-12-18(24)5-6-21(20)27)11-22(28)26-19-7-9-25-10-8-19/h1-10,12,14H,11,13H2,(H,25,26,28). The third-order valence-corrected chi connectivity index (χ3v) is 4.51. The highest BCUT2D eigenvalue weighted by atomic mass is 19.1. The topological polar surface area (TPSA) is 46.9 Å². The fraction of sp³-hybridized carbons (Fsp3) is 0.0909. The van der Waals surface area contributed by atoms with Crippen LogP contribution in [0, 0.1) is 11.6 Å². The molecule has 0 spiro atoms. The van der Waals surface area contributed by atoms with Crippen molar-refractivity contribution >= 4 is 22.5 Å². The summed E-state index contributed by atoms with van der Waals surface area (Å²) in [5, 5.41) is 3.50. The highest BCUT2D eigenvalue weighted by molar-refractivity contribution is 5.96. The Kier molecular flexibility index (Phi) is 4.85. The molecule has 0 unspecified atom stereocenters. The van der Waals surface area contributed by atoms with Gasteiger partial charge in [-0.05, 0) is 53.6 Å². The van der Waals surface area contributed by atoms with Gasteiger partial charge in [0.1, 0.15) is 11.6 Å². The minimum atomic E-state index is -0.358. The molecule has 0 atom stereocenters. The molecule has 1 amide bonds. The summed E-state index contributed by atoms with van der Waals surface area (Å²) in [6.07, 6.45) is 5.15. The van der Waals surface area contributed by atoms with Gasteiger partial charge in [0.2, 0.25) is 5.91 Å². The molecule has 2 aromatic heterocycles. The summed E-state index contributed by atoms with van der Waals surface area (Å²) in [6, 6.07) is 14.2. The van der Waals surface area contributed by atoms with E-state index in [1.54, 1.807) is 42.7 Å². The summed E-state index contributed by atoms with van der Waals surface area (Å²) in [4.78, 5) is 16.4. The molecule has 2 heterocycles. The fourth-order valence-electron chi connectivity index (χ4n) is 3.21. The van der Waals surface area contributed by atoms with Crippen molar-refractivity contribution in [2.24, 2.45) is 0 Å². The van der Waals surface area contributed by atoms with E-state index in [4.69, 9.17) is 0 Å². The zero-order chi connectivity index (χ0) is 19.5. The monoisotopic (exact) mass is 377 g/mol. The number of nitrogens with zero attached hydrogens (tertiary/aromatic N) is 2. The number of amides is 1. The van der Waals surface area contributed by atoms with Gasteiger partial charge in [0.25, 0.3) is 0 Å². The van der Waals surface area contributed by atoms with E-state index in [2.05, 4.69) is 10.3 Å². The molecule has 0 saturated heterocycles. The van der Waals surface area contributed by atoms with Crippen molar-refractivity contribution in [2.45, 2.75) is 13.0 Å². The van der Waals surface area contributed by atoms with Crippen molar-refractivity contribution in [3.05, 3.63) is 95.9 Å². The summed E-state index contributed by atoms with van der Waals surface area (Å²) in [5.41, 5.74) is 3.11. The first kappa shape index (κ1) is 17.9. The number of pyridine rings is 1. The maximum absolute atomic E-state index is 13.8. The number of carbonyl (C=O) groups excluding carboxylic acids is 1. The van der Waals surface area contributed by atoms with Gasteiger partial charge in [-0.1, -0.05) is 12.1 Å². The Bertz CT molecular complexity index is 1120. The van der Waals surface area contributed by atoms with Crippen LogP contribution < -0.4 is 5.32 Å². The Morgan fingerprint density at radius 1 is 0.964 bits per heavy atom. The van der Waals surface area contributed by atoms with Crippen molar-refractivity contribution in [1.82, 2.24) is 9.55 Å². The van der Waals surface area contributed by atoms with Gasteiger partial charge in [0.15, 0.2) is 0 Å². The third kappa shape index (κ3) is 3.91. The van der Waals surface area contributed by atoms with Gasteiger partial charge in [-0.3, -0.25) is 9.78 Å². The average Bonchev–Trinajstić information content (AvgIpc) is 3.00. The van der Waals surface area contributed by atoms with E-state index in [1.807, 2.05) is 10.8 Å². The molecular formula is C22H17F2N3O. The van der Waals surface area contributed by atoms with Crippen LogP contribution in [0.15, 0.2) is 73.2 Å². The second-order valence-electron chi connectivity index (χ2n) is 6.53. The quantitative estimate of drug-likeness (QED) is 0.555. The van der Waals surface area contributed by atoms with Gasteiger partial charge in [0, 0.05) is 41.7 Å². The van der Waals surface area contributed by atoms with Crippen LogP contribution in [0.2, 0.25) is 0 Å². The number of hydrogen-bond acceptors (Lipinski definition) is 2. The molecule has 4 aromatic rings. The van der Waals surface area contributed by atoms with E-state index in [-0.39, 0.29) is 24.0 Å². The highest BCUT2D eigenvalue weighted by Crippen LogP contribution is 2.24. The molecule has 6 heteroatoms. The number of anilines is 1. The van der Waals surface area contributed by atoms with Crippen molar-refractivity contribution < 1.29 is 13.6 Å². The number of nitrogens with one attached hydrogen (secondary N) is 1. The van der Waals surface area contributed by atoms with Crippen LogP contribution in [0.25, 0.3) is 10.9 Å². The molecule has 4 rings (SSSR count). The fourth-order valence-corrected chi connectivity index (χ4v) is 3.21. The van der Waals surface area contributed by atoms with Crippen LogP contribution in [-0.4, -0.2) is 15.5 Å². The van der Waals surface area contributed by atoms with Crippen LogP contribution in [-0.2, 0) is 17.8 Å². The zero-order valence-electron chi connectivity index (χ0n) is 14.9. The van der Waals surface area contributed by atoms with Crippen LogP contribution in [0.1, 0.15) is 11.1 Å². The van der Waals surface area contributed by atoms with Crippen LogP contribution in [0.4, 0.5) is 14.5 Å². The summed E-state index contributed by atoms with van der Waals surface area (Å²) in [7, 11) is 0. The van der Waals surface area contributed by atoms with Gasteiger partial charge < -0.3 is 9.88 Å². The minimum absolute atomic E-state index is 0.110. The van der Waals surface area contributed by atoms with Crippen molar-refractivity contribution in [3.8, 4) is 0 Å². The molecule has 0 aliphatic rings. The van der Waals surface area contributed by atoms with E-state index in [1.165, 1.54) is 24.3 Å². The highest BCUT2D eigenvalue weighted by Gasteiger charge is 2.13. The molecule has 0 saturated carbocycles. The SMILES string of the molecule is O=C(Cc1cn(Cc2ccc(F)cc2)c2ccc(F)cc12)Nc1ccncc1. The van der Waals surface area contributed by atoms with Crippen LogP contribution in [0.5, 0.6) is 0 Å². The lowest BCUT2D eigenvalue weighted by molar-refractivity contribution is -0.115. The predicted octanol–water partition coefficient (Wildman–Crippen LogP) is 4.54. The molecule has 0 fully saturated rings. The minimum Gasteiger partial charge on any atom is -0.343 e. The Balaban J connectivity index is 1.63. The van der Waals surface area contributed by atoms with Crippen molar-refractivity contribution in [3.63, 3.8) is 0 Å². The van der Waals surface area contributed by atoms with Crippen molar-refractivity contribution in [1.29, 1.82) is 0 Å². The summed E-state index contributed by atoms with van der Waals surface area (Å²) >= 11 is 0. The maximum atomic E-state index is 13.8. The Morgan fingerprint density at radius 2 is 1.68 bits per heavy atom. The number of hydrogen-bond donors (Lipinski definition) is 1. The molecule has 0 aliphatic heterocycles. The number of fused-ring (bicyclic) bond motifs is 1. The number of rotatable bonds is 5. The molecule has 2 aromatic carbocycles. The van der Waals surface area contributed by atoms with Gasteiger partial charge >= 0.3 is 0 Å². The Hall–Kier alpha value is -3.54. The van der Waals surface area contributed by atoms with E-state index in [0.717, 1.165) is 16.6 Å². The molecule has 0 aliphatic carbocycles. The molecule has 4 nitrogen and oxygen atoms in total. The molecule has 0 bridgehead atoms. The summed E-state index contributed by atoms with van der Waals surface area (Å²) in [6.45, 7) is 0.494. The second-order valence-corrected chi connectivity index (χ2v) is 6.53. The molecule has 140 valence electrons. The number of aromatic nitrogens is 2. The smallest absolute Gasteiger partial charge is 0.228 e. The second kappa shape index (κ2) is 7.60. The van der Waals surface area contributed by atoms with E-state index >= 15 is 0 Å². The van der Waals surface area contributed by atoms with E-state index in [0.29, 0.717) is 17.6 Å². The Morgan fingerprint density at radius 3 is 2.43 bits per heavy atom. The lowest BCUT2D eigenvalue weighted by Gasteiger charge is -2.05. The lowest BCUT2D eigenvalue weighted by Crippen LogP contribution is -2.14. The summed E-state index contributed by atoms with van der Waals surface area (Å²) in [5.74, 6) is -0.851. The van der Waals surface area contributed by atoms with Gasteiger partial charge in [-0.25, -0.2) is 8.78 Å².